The minimum absolute atomic E-state index is 0.0967. The summed E-state index contributed by atoms with van der Waals surface area (Å²) in [5, 5.41) is 0. The van der Waals surface area contributed by atoms with E-state index >= 15 is 0 Å². The minimum Gasteiger partial charge on any atom is -0.457 e. The molecule has 0 rings (SSSR count). The van der Waals surface area contributed by atoms with Crippen molar-refractivity contribution in [2.24, 2.45) is 5.73 Å². The van der Waals surface area contributed by atoms with Crippen LogP contribution >= 0.6 is 7.82 Å². The molecule has 0 aromatic heterocycles. The lowest BCUT2D eigenvalue weighted by Gasteiger charge is -2.20. The molecule has 0 radical (unpaired) electrons. The first-order valence-electron chi connectivity index (χ1n) is 19.5. The van der Waals surface area contributed by atoms with Gasteiger partial charge >= 0.3 is 13.8 Å². The maximum absolute atomic E-state index is 12.5. The normalized spacial score (nSPS) is 14.0. The van der Waals surface area contributed by atoms with Gasteiger partial charge < -0.3 is 20.1 Å². The quantitative estimate of drug-likeness (QED) is 0.0285. The maximum atomic E-state index is 12.5. The number of unbranched alkanes of at least 4 members (excludes halogenated alkanes) is 18. The van der Waals surface area contributed by atoms with Crippen LogP contribution in [0.5, 0.6) is 0 Å². The highest BCUT2D eigenvalue weighted by Gasteiger charge is 2.25. The molecule has 0 saturated carbocycles. The highest BCUT2D eigenvalue weighted by atomic mass is 31.2. The van der Waals surface area contributed by atoms with Gasteiger partial charge in [0.2, 0.25) is 0 Å². The van der Waals surface area contributed by atoms with E-state index < -0.39 is 13.9 Å². The zero-order chi connectivity index (χ0) is 35.2. The van der Waals surface area contributed by atoms with Gasteiger partial charge in [0.15, 0.2) is 0 Å². The standard InChI is InChI=1S/C39H74NO7P/c1-3-5-7-9-11-13-15-17-19-20-22-24-26-28-30-32-39(41)47-38(37-46-48(42,43)45-35-33-40)36-44-34-31-29-27-25-23-21-18-16-14-12-10-8-6-4-2/h8,10,14,16-17,19,38H,3-7,9,11-13,15,18,20-37,40H2,1-2H3,(H,42,43)/b10-8-,16-14-,19-17-. The van der Waals surface area contributed by atoms with Crippen molar-refractivity contribution < 1.29 is 32.8 Å². The highest BCUT2D eigenvalue weighted by molar-refractivity contribution is 7.47. The van der Waals surface area contributed by atoms with Crippen molar-refractivity contribution in [3.8, 4) is 0 Å². The van der Waals surface area contributed by atoms with Crippen molar-refractivity contribution in [2.75, 3.05) is 33.0 Å². The number of phosphoric acid groups is 1. The van der Waals surface area contributed by atoms with Crippen LogP contribution in [0.2, 0.25) is 0 Å². The number of hydrogen-bond acceptors (Lipinski definition) is 7. The fourth-order valence-electron chi connectivity index (χ4n) is 5.15. The molecule has 9 heteroatoms. The molecule has 0 aliphatic rings. The van der Waals surface area contributed by atoms with E-state index in [9.17, 15) is 14.3 Å². The third-order valence-corrected chi connectivity index (χ3v) is 8.99. The first-order valence-corrected chi connectivity index (χ1v) is 21.0. The van der Waals surface area contributed by atoms with E-state index in [1.807, 2.05) is 0 Å². The zero-order valence-electron chi connectivity index (χ0n) is 31.0. The molecule has 8 nitrogen and oxygen atoms in total. The number of carbonyl (C=O) groups is 1. The molecule has 0 spiro atoms. The van der Waals surface area contributed by atoms with Gasteiger partial charge in [0, 0.05) is 19.6 Å². The van der Waals surface area contributed by atoms with Crippen LogP contribution in [0.3, 0.4) is 0 Å². The Labute approximate surface area is 295 Å². The molecular weight excluding hydrogens is 625 g/mol. The largest absolute Gasteiger partial charge is 0.472 e. The number of esters is 1. The SMILES string of the molecule is CCC/C=C\C/C=C\CCCCCCCCOCC(COP(=O)(O)OCCN)OC(=O)CCCCCCC/C=C\CCCCCCCC. The number of carbonyl (C=O) groups excluding carboxylic acids is 1. The van der Waals surface area contributed by atoms with Crippen molar-refractivity contribution >= 4 is 13.8 Å². The van der Waals surface area contributed by atoms with E-state index in [4.69, 9.17) is 24.3 Å². The summed E-state index contributed by atoms with van der Waals surface area (Å²) in [6, 6.07) is 0. The lowest BCUT2D eigenvalue weighted by Crippen LogP contribution is -2.28. The van der Waals surface area contributed by atoms with Gasteiger partial charge in [-0.15, -0.1) is 0 Å². The molecule has 0 heterocycles. The van der Waals surface area contributed by atoms with E-state index in [0.29, 0.717) is 13.0 Å². The molecule has 0 aromatic carbocycles. The van der Waals surface area contributed by atoms with Gasteiger partial charge in [-0.25, -0.2) is 4.57 Å². The van der Waals surface area contributed by atoms with Gasteiger partial charge in [-0.05, 0) is 64.2 Å². The number of nitrogens with two attached hydrogens (primary N) is 1. The smallest absolute Gasteiger partial charge is 0.457 e. The fourth-order valence-corrected chi connectivity index (χ4v) is 5.91. The molecule has 0 aliphatic carbocycles. The number of rotatable bonds is 37. The number of phosphoric ester groups is 1. The van der Waals surface area contributed by atoms with Crippen LogP contribution in [-0.2, 0) is 27.9 Å². The Morgan fingerprint density at radius 1 is 0.625 bits per heavy atom. The van der Waals surface area contributed by atoms with Crippen molar-refractivity contribution in [2.45, 2.75) is 174 Å². The Bertz CT molecular complexity index is 833. The Morgan fingerprint density at radius 2 is 1.15 bits per heavy atom. The zero-order valence-corrected chi connectivity index (χ0v) is 31.9. The van der Waals surface area contributed by atoms with Gasteiger partial charge in [-0.1, -0.05) is 134 Å². The Kier molecular flexibility index (Phi) is 36.0. The molecule has 0 amide bonds. The average Bonchev–Trinajstić information content (AvgIpc) is 3.07. The van der Waals surface area contributed by atoms with E-state index in [-0.39, 0.29) is 32.3 Å². The second-order valence-corrected chi connectivity index (χ2v) is 14.2. The van der Waals surface area contributed by atoms with Crippen LogP contribution < -0.4 is 5.73 Å². The van der Waals surface area contributed by atoms with E-state index in [1.165, 1.54) is 77.0 Å². The van der Waals surface area contributed by atoms with E-state index in [0.717, 1.165) is 70.6 Å². The topological polar surface area (TPSA) is 117 Å². The molecule has 48 heavy (non-hydrogen) atoms. The number of ether oxygens (including phenoxy) is 2. The first kappa shape index (κ1) is 46.7. The van der Waals surface area contributed by atoms with Crippen molar-refractivity contribution in [1.82, 2.24) is 0 Å². The molecule has 2 unspecified atom stereocenters. The molecular formula is C39H74NO7P. The van der Waals surface area contributed by atoms with Crippen LogP contribution in [0.4, 0.5) is 0 Å². The summed E-state index contributed by atoms with van der Waals surface area (Å²) >= 11 is 0. The number of allylic oxidation sites excluding steroid dienone is 6. The molecule has 0 bridgehead atoms. The number of hydrogen-bond donors (Lipinski definition) is 2. The van der Waals surface area contributed by atoms with E-state index in [1.54, 1.807) is 0 Å². The fraction of sp³-hybridized carbons (Fsp3) is 0.821. The molecule has 0 aliphatic heterocycles. The molecule has 3 N–H and O–H groups in total. The van der Waals surface area contributed by atoms with Crippen LogP contribution in [0.25, 0.3) is 0 Å². The second kappa shape index (κ2) is 37.0. The van der Waals surface area contributed by atoms with Gasteiger partial charge in [-0.3, -0.25) is 13.8 Å². The maximum Gasteiger partial charge on any atom is 0.472 e. The predicted molar refractivity (Wildman–Crippen MR) is 201 cm³/mol. The Hall–Kier alpha value is -1.28. The third kappa shape index (κ3) is 36.0. The summed E-state index contributed by atoms with van der Waals surface area (Å²) in [4.78, 5) is 22.4. The van der Waals surface area contributed by atoms with Gasteiger partial charge in [0.1, 0.15) is 6.10 Å². The van der Waals surface area contributed by atoms with E-state index in [2.05, 4.69) is 50.3 Å². The van der Waals surface area contributed by atoms with Gasteiger partial charge in [0.25, 0.3) is 0 Å². The van der Waals surface area contributed by atoms with Gasteiger partial charge in [-0.2, -0.15) is 0 Å². The molecule has 0 aromatic rings. The molecule has 2 atom stereocenters. The Morgan fingerprint density at radius 3 is 1.73 bits per heavy atom. The van der Waals surface area contributed by atoms with Crippen LogP contribution in [0, 0.1) is 0 Å². The summed E-state index contributed by atoms with van der Waals surface area (Å²) in [6.45, 7) is 4.81. The Balaban J connectivity index is 4.11. The van der Waals surface area contributed by atoms with Crippen molar-refractivity contribution in [3.63, 3.8) is 0 Å². The van der Waals surface area contributed by atoms with Crippen LogP contribution in [0.1, 0.15) is 168 Å². The van der Waals surface area contributed by atoms with Gasteiger partial charge in [0.05, 0.1) is 19.8 Å². The second-order valence-electron chi connectivity index (χ2n) is 12.8. The molecule has 0 saturated heterocycles. The van der Waals surface area contributed by atoms with Crippen molar-refractivity contribution in [3.05, 3.63) is 36.5 Å². The third-order valence-electron chi connectivity index (χ3n) is 8.01. The summed E-state index contributed by atoms with van der Waals surface area (Å²) in [5.74, 6) is -0.344. The summed E-state index contributed by atoms with van der Waals surface area (Å²) in [5.41, 5.74) is 5.35. The van der Waals surface area contributed by atoms with Crippen LogP contribution in [-0.4, -0.2) is 49.9 Å². The average molecular weight is 700 g/mol. The monoisotopic (exact) mass is 700 g/mol. The summed E-state index contributed by atoms with van der Waals surface area (Å²) in [7, 11) is -4.27. The summed E-state index contributed by atoms with van der Waals surface area (Å²) in [6.07, 6.45) is 40.1. The van der Waals surface area contributed by atoms with Crippen LogP contribution in [0.15, 0.2) is 36.5 Å². The predicted octanol–water partition coefficient (Wildman–Crippen LogP) is 11.1. The lowest BCUT2D eigenvalue weighted by molar-refractivity contribution is -0.154. The van der Waals surface area contributed by atoms with Crippen molar-refractivity contribution in [1.29, 1.82) is 0 Å². The minimum atomic E-state index is -4.27. The summed E-state index contributed by atoms with van der Waals surface area (Å²) < 4.78 is 33.3. The molecule has 0 fully saturated rings. The molecule has 282 valence electrons. The first-order chi connectivity index (χ1) is 23.4. The lowest BCUT2D eigenvalue weighted by atomic mass is 10.1. The highest BCUT2D eigenvalue weighted by Crippen LogP contribution is 2.43.